The van der Waals surface area contributed by atoms with Crippen LogP contribution in [0.3, 0.4) is 0 Å². The van der Waals surface area contributed by atoms with Crippen LogP contribution in [-0.2, 0) is 9.53 Å². The number of rotatable bonds is 3. The fourth-order valence-corrected chi connectivity index (χ4v) is 2.55. The third-order valence-electron chi connectivity index (χ3n) is 3.48. The summed E-state index contributed by atoms with van der Waals surface area (Å²) in [5, 5.41) is 0. The van der Waals surface area contributed by atoms with Crippen molar-refractivity contribution in [2.75, 3.05) is 38.2 Å². The van der Waals surface area contributed by atoms with Crippen LogP contribution < -0.4 is 4.90 Å². The molecule has 0 saturated carbocycles. The number of methoxy groups -OCH3 is 1. The third kappa shape index (κ3) is 3.60. The minimum absolute atomic E-state index is 0.0877. The molecule has 0 aliphatic carbocycles. The number of amides is 1. The van der Waals surface area contributed by atoms with Crippen LogP contribution in [0.2, 0.25) is 0 Å². The predicted molar refractivity (Wildman–Crippen MR) is 84.4 cm³/mol. The summed E-state index contributed by atoms with van der Waals surface area (Å²) in [4.78, 5) is 16.2. The Bertz CT molecular complexity index is 428. The van der Waals surface area contributed by atoms with Gasteiger partial charge in [0.1, 0.15) is 6.10 Å². The molecule has 104 valence electrons. The van der Waals surface area contributed by atoms with Gasteiger partial charge in [-0.05, 0) is 53.8 Å². The molecular weight excluding hydrogens is 355 g/mol. The van der Waals surface area contributed by atoms with Gasteiger partial charge < -0.3 is 14.5 Å². The molecule has 0 spiro atoms. The van der Waals surface area contributed by atoms with E-state index in [1.54, 1.807) is 14.0 Å². The fraction of sp³-hybridized carbons (Fsp3) is 0.500. The van der Waals surface area contributed by atoms with Crippen molar-refractivity contribution in [3.8, 4) is 0 Å². The van der Waals surface area contributed by atoms with E-state index in [2.05, 4.69) is 51.8 Å². The minimum atomic E-state index is -0.343. The highest BCUT2D eigenvalue weighted by Gasteiger charge is 2.24. The van der Waals surface area contributed by atoms with Crippen LogP contribution in [0.25, 0.3) is 0 Å². The number of anilines is 1. The Labute approximate surface area is 127 Å². The van der Waals surface area contributed by atoms with Crippen molar-refractivity contribution in [1.29, 1.82) is 0 Å². The number of piperazine rings is 1. The monoisotopic (exact) mass is 374 g/mol. The molecule has 0 unspecified atom stereocenters. The zero-order valence-electron chi connectivity index (χ0n) is 11.3. The summed E-state index contributed by atoms with van der Waals surface area (Å²) in [5.41, 5.74) is 1.23. The molecule has 0 N–H and O–H groups in total. The van der Waals surface area contributed by atoms with Crippen LogP contribution >= 0.6 is 22.6 Å². The van der Waals surface area contributed by atoms with E-state index in [0.29, 0.717) is 0 Å². The average molecular weight is 374 g/mol. The summed E-state index contributed by atoms with van der Waals surface area (Å²) < 4.78 is 6.32. The topological polar surface area (TPSA) is 32.8 Å². The third-order valence-corrected chi connectivity index (χ3v) is 4.20. The summed E-state index contributed by atoms with van der Waals surface area (Å²) in [5.74, 6) is 0.0877. The number of benzene rings is 1. The van der Waals surface area contributed by atoms with Gasteiger partial charge in [-0.25, -0.2) is 0 Å². The minimum Gasteiger partial charge on any atom is -0.372 e. The van der Waals surface area contributed by atoms with Crippen LogP contribution in [0.5, 0.6) is 0 Å². The standard InChI is InChI=1S/C14H19IN2O2/c1-11(19-2)14(18)17-9-7-16(8-10-17)13-5-3-12(15)4-6-13/h3-6,11H,7-10H2,1-2H3/t11-/m1/s1. The summed E-state index contributed by atoms with van der Waals surface area (Å²) in [6, 6.07) is 8.49. The zero-order valence-corrected chi connectivity index (χ0v) is 13.5. The first kappa shape index (κ1) is 14.6. The maximum atomic E-state index is 12.0. The lowest BCUT2D eigenvalue weighted by molar-refractivity contribution is -0.141. The number of ether oxygens (including phenoxy) is 1. The van der Waals surface area contributed by atoms with Crippen molar-refractivity contribution in [3.05, 3.63) is 27.8 Å². The Kier molecular flexibility index (Phi) is 5.04. The Morgan fingerprint density at radius 1 is 1.21 bits per heavy atom. The highest BCUT2D eigenvalue weighted by Crippen LogP contribution is 2.18. The molecule has 1 aromatic carbocycles. The second-order valence-electron chi connectivity index (χ2n) is 4.67. The lowest BCUT2D eigenvalue weighted by atomic mass is 10.2. The molecule has 1 aliphatic rings. The van der Waals surface area contributed by atoms with E-state index in [0.717, 1.165) is 26.2 Å². The van der Waals surface area contributed by atoms with Crippen LogP contribution in [-0.4, -0.2) is 50.2 Å². The molecule has 0 aromatic heterocycles. The SMILES string of the molecule is CO[C@H](C)C(=O)N1CCN(c2ccc(I)cc2)CC1. The number of carbonyl (C=O) groups is 1. The van der Waals surface area contributed by atoms with E-state index in [-0.39, 0.29) is 12.0 Å². The van der Waals surface area contributed by atoms with E-state index in [1.807, 2.05) is 4.90 Å². The van der Waals surface area contributed by atoms with E-state index < -0.39 is 0 Å². The van der Waals surface area contributed by atoms with Crippen molar-refractivity contribution in [1.82, 2.24) is 4.90 Å². The number of hydrogen-bond donors (Lipinski definition) is 0. The van der Waals surface area contributed by atoms with Gasteiger partial charge >= 0.3 is 0 Å². The Hall–Kier alpha value is -0.820. The van der Waals surface area contributed by atoms with Crippen LogP contribution in [0.15, 0.2) is 24.3 Å². The van der Waals surface area contributed by atoms with Gasteiger partial charge in [0, 0.05) is 42.5 Å². The second-order valence-corrected chi connectivity index (χ2v) is 5.91. The number of nitrogens with zero attached hydrogens (tertiary/aromatic N) is 2. The van der Waals surface area contributed by atoms with Gasteiger partial charge in [0.15, 0.2) is 0 Å². The first-order chi connectivity index (χ1) is 9.11. The molecule has 5 heteroatoms. The molecule has 2 rings (SSSR count). The van der Waals surface area contributed by atoms with Crippen LogP contribution in [0.1, 0.15) is 6.92 Å². The smallest absolute Gasteiger partial charge is 0.251 e. The predicted octanol–water partition coefficient (Wildman–Crippen LogP) is 1.97. The highest BCUT2D eigenvalue weighted by atomic mass is 127. The molecular formula is C14H19IN2O2. The van der Waals surface area contributed by atoms with Crippen molar-refractivity contribution in [2.24, 2.45) is 0 Å². The molecule has 4 nitrogen and oxygen atoms in total. The van der Waals surface area contributed by atoms with Crippen molar-refractivity contribution < 1.29 is 9.53 Å². The molecule has 1 amide bonds. The highest BCUT2D eigenvalue weighted by molar-refractivity contribution is 14.1. The molecule has 1 saturated heterocycles. The fourth-order valence-electron chi connectivity index (χ4n) is 2.19. The van der Waals surface area contributed by atoms with Crippen molar-refractivity contribution in [3.63, 3.8) is 0 Å². The molecule has 0 radical (unpaired) electrons. The average Bonchev–Trinajstić information content (AvgIpc) is 2.46. The number of hydrogen-bond acceptors (Lipinski definition) is 3. The molecule has 1 aliphatic heterocycles. The molecule has 19 heavy (non-hydrogen) atoms. The van der Waals surface area contributed by atoms with Crippen molar-refractivity contribution in [2.45, 2.75) is 13.0 Å². The van der Waals surface area contributed by atoms with Gasteiger partial charge in [0.25, 0.3) is 5.91 Å². The Balaban J connectivity index is 1.92. The Morgan fingerprint density at radius 2 is 1.79 bits per heavy atom. The summed E-state index contributed by atoms with van der Waals surface area (Å²) in [6.07, 6.45) is -0.343. The van der Waals surface area contributed by atoms with Gasteiger partial charge in [-0.1, -0.05) is 0 Å². The molecule has 1 fully saturated rings. The number of halogens is 1. The van der Waals surface area contributed by atoms with E-state index >= 15 is 0 Å². The van der Waals surface area contributed by atoms with Gasteiger partial charge in [-0.2, -0.15) is 0 Å². The summed E-state index contributed by atoms with van der Waals surface area (Å²) in [6.45, 7) is 5.08. The van der Waals surface area contributed by atoms with Gasteiger partial charge in [-0.15, -0.1) is 0 Å². The van der Waals surface area contributed by atoms with Crippen LogP contribution in [0, 0.1) is 3.57 Å². The second kappa shape index (κ2) is 6.56. The number of carbonyl (C=O) groups excluding carboxylic acids is 1. The zero-order chi connectivity index (χ0) is 13.8. The quantitative estimate of drug-likeness (QED) is 0.759. The van der Waals surface area contributed by atoms with E-state index in [9.17, 15) is 4.79 Å². The van der Waals surface area contributed by atoms with Gasteiger partial charge in [0.05, 0.1) is 0 Å². The summed E-state index contributed by atoms with van der Waals surface area (Å²) in [7, 11) is 1.57. The Morgan fingerprint density at radius 3 is 2.32 bits per heavy atom. The van der Waals surface area contributed by atoms with E-state index in [1.165, 1.54) is 9.26 Å². The first-order valence-electron chi connectivity index (χ1n) is 6.44. The molecule has 0 bridgehead atoms. The summed E-state index contributed by atoms with van der Waals surface area (Å²) >= 11 is 2.31. The van der Waals surface area contributed by atoms with Crippen molar-refractivity contribution >= 4 is 34.2 Å². The maximum Gasteiger partial charge on any atom is 0.251 e. The molecule has 1 aromatic rings. The first-order valence-corrected chi connectivity index (χ1v) is 7.52. The lowest BCUT2D eigenvalue weighted by Crippen LogP contribution is -2.51. The van der Waals surface area contributed by atoms with E-state index in [4.69, 9.17) is 4.74 Å². The molecule has 1 heterocycles. The normalized spacial score (nSPS) is 17.4. The molecule has 1 atom stereocenters. The lowest BCUT2D eigenvalue weighted by Gasteiger charge is -2.37. The van der Waals surface area contributed by atoms with Crippen LogP contribution in [0.4, 0.5) is 5.69 Å². The maximum absolute atomic E-state index is 12.0. The van der Waals surface area contributed by atoms with Gasteiger partial charge in [0.2, 0.25) is 0 Å². The van der Waals surface area contributed by atoms with Gasteiger partial charge in [-0.3, -0.25) is 4.79 Å². The largest absolute Gasteiger partial charge is 0.372 e.